The Morgan fingerprint density at radius 3 is 2.67 bits per heavy atom. The minimum atomic E-state index is -0.680. The van der Waals surface area contributed by atoms with Gasteiger partial charge in [-0.05, 0) is 50.7 Å². The minimum absolute atomic E-state index is 0.302. The molecule has 98 valence electrons. The summed E-state index contributed by atoms with van der Waals surface area (Å²) >= 11 is 5.85. The highest BCUT2D eigenvalue weighted by Crippen LogP contribution is 2.26. The molecule has 1 aliphatic rings. The smallest absolute Gasteiger partial charge is 0.244 e. The lowest BCUT2D eigenvalue weighted by Gasteiger charge is -2.40. The van der Waals surface area contributed by atoms with Crippen LogP contribution in [0, 0.1) is 0 Å². The Balaban J connectivity index is 2.20. The Bertz CT molecular complexity index is 434. The lowest BCUT2D eigenvalue weighted by atomic mass is 9.88. The molecular formula is C13H18ClN3O. The van der Waals surface area contributed by atoms with Gasteiger partial charge in [0, 0.05) is 17.3 Å². The maximum absolute atomic E-state index is 11.8. The normalized spacial score (nSPS) is 24.8. The minimum Gasteiger partial charge on any atom is -0.370 e. The first-order valence-corrected chi connectivity index (χ1v) is 6.42. The Morgan fingerprint density at radius 2 is 2.11 bits per heavy atom. The molecule has 1 aromatic carbocycles. The number of carbonyl (C=O) groups excluding carboxylic acids is 1. The molecule has 1 unspecified atom stereocenters. The second-order valence-corrected chi connectivity index (χ2v) is 5.36. The molecule has 0 bridgehead atoms. The van der Waals surface area contributed by atoms with Crippen LogP contribution in [0.1, 0.15) is 12.8 Å². The van der Waals surface area contributed by atoms with Gasteiger partial charge in [0.15, 0.2) is 0 Å². The number of piperidine rings is 1. The molecular weight excluding hydrogens is 250 g/mol. The van der Waals surface area contributed by atoms with Gasteiger partial charge in [-0.3, -0.25) is 4.79 Å². The van der Waals surface area contributed by atoms with E-state index in [0.717, 1.165) is 25.1 Å². The summed E-state index contributed by atoms with van der Waals surface area (Å²) in [5.74, 6) is -0.302. The molecule has 1 fully saturated rings. The summed E-state index contributed by atoms with van der Waals surface area (Å²) in [6.45, 7) is 1.63. The highest BCUT2D eigenvalue weighted by molar-refractivity contribution is 6.30. The van der Waals surface area contributed by atoms with E-state index in [0.29, 0.717) is 11.6 Å². The number of hydrogen-bond acceptors (Lipinski definition) is 3. The van der Waals surface area contributed by atoms with E-state index in [4.69, 9.17) is 17.3 Å². The van der Waals surface area contributed by atoms with Crippen LogP contribution in [0.2, 0.25) is 5.02 Å². The summed E-state index contributed by atoms with van der Waals surface area (Å²) in [6.07, 6.45) is 1.72. The molecule has 1 saturated heterocycles. The van der Waals surface area contributed by atoms with Gasteiger partial charge in [-0.25, -0.2) is 0 Å². The van der Waals surface area contributed by atoms with Gasteiger partial charge in [0.2, 0.25) is 5.91 Å². The SMILES string of the molecule is CN1CCCC(Nc2ccc(Cl)cc2)(C(N)=O)C1. The monoisotopic (exact) mass is 267 g/mol. The van der Waals surface area contributed by atoms with E-state index >= 15 is 0 Å². The fraction of sp³-hybridized carbons (Fsp3) is 0.462. The number of hydrogen-bond donors (Lipinski definition) is 2. The Hall–Kier alpha value is -1.26. The topological polar surface area (TPSA) is 58.4 Å². The molecule has 3 N–H and O–H groups in total. The van der Waals surface area contributed by atoms with Gasteiger partial charge in [0.25, 0.3) is 0 Å². The third kappa shape index (κ3) is 2.76. The number of nitrogens with one attached hydrogen (secondary N) is 1. The van der Waals surface area contributed by atoms with E-state index in [1.165, 1.54) is 0 Å². The Labute approximate surface area is 112 Å². The van der Waals surface area contributed by atoms with Crippen LogP contribution in [0.15, 0.2) is 24.3 Å². The maximum atomic E-state index is 11.8. The lowest BCUT2D eigenvalue weighted by Crippen LogP contribution is -2.59. The van der Waals surface area contributed by atoms with Crippen LogP contribution >= 0.6 is 11.6 Å². The molecule has 0 aromatic heterocycles. The fourth-order valence-corrected chi connectivity index (χ4v) is 2.57. The number of benzene rings is 1. The largest absolute Gasteiger partial charge is 0.370 e. The van der Waals surface area contributed by atoms with Crippen LogP contribution < -0.4 is 11.1 Å². The average molecular weight is 268 g/mol. The number of rotatable bonds is 3. The second-order valence-electron chi connectivity index (χ2n) is 4.92. The van der Waals surface area contributed by atoms with Crippen molar-refractivity contribution in [2.75, 3.05) is 25.5 Å². The molecule has 1 amide bonds. The number of carbonyl (C=O) groups is 1. The average Bonchev–Trinajstić information content (AvgIpc) is 2.32. The highest BCUT2D eigenvalue weighted by atomic mass is 35.5. The Kier molecular flexibility index (Phi) is 3.78. The van der Waals surface area contributed by atoms with E-state index in [2.05, 4.69) is 10.2 Å². The number of amides is 1. The van der Waals surface area contributed by atoms with Crippen molar-refractivity contribution >= 4 is 23.2 Å². The molecule has 1 aromatic rings. The summed E-state index contributed by atoms with van der Waals surface area (Å²) in [5, 5.41) is 3.95. The molecule has 4 nitrogen and oxygen atoms in total. The van der Waals surface area contributed by atoms with Crippen LogP contribution in [0.5, 0.6) is 0 Å². The quantitative estimate of drug-likeness (QED) is 0.876. The van der Waals surface area contributed by atoms with Crippen LogP contribution in [0.3, 0.4) is 0 Å². The molecule has 0 aliphatic carbocycles. The third-order valence-corrected chi connectivity index (χ3v) is 3.63. The number of primary amides is 1. The zero-order valence-corrected chi connectivity index (χ0v) is 11.2. The zero-order chi connectivity index (χ0) is 13.2. The summed E-state index contributed by atoms with van der Waals surface area (Å²) in [5.41, 5.74) is 5.78. The van der Waals surface area contributed by atoms with Crippen molar-refractivity contribution in [3.05, 3.63) is 29.3 Å². The van der Waals surface area contributed by atoms with E-state index in [1.54, 1.807) is 12.1 Å². The van der Waals surface area contributed by atoms with E-state index in [-0.39, 0.29) is 5.91 Å². The van der Waals surface area contributed by atoms with Gasteiger partial charge in [-0.15, -0.1) is 0 Å². The zero-order valence-electron chi connectivity index (χ0n) is 10.4. The molecule has 2 rings (SSSR count). The number of nitrogens with zero attached hydrogens (tertiary/aromatic N) is 1. The van der Waals surface area contributed by atoms with Crippen LogP contribution in [0.4, 0.5) is 5.69 Å². The number of anilines is 1. The fourth-order valence-electron chi connectivity index (χ4n) is 2.44. The summed E-state index contributed by atoms with van der Waals surface area (Å²) in [4.78, 5) is 13.9. The first-order chi connectivity index (χ1) is 8.52. The predicted molar refractivity (Wildman–Crippen MR) is 73.7 cm³/mol. The third-order valence-electron chi connectivity index (χ3n) is 3.38. The molecule has 0 saturated carbocycles. The van der Waals surface area contributed by atoms with Crippen molar-refractivity contribution in [2.45, 2.75) is 18.4 Å². The molecule has 0 radical (unpaired) electrons. The molecule has 1 aliphatic heterocycles. The highest BCUT2D eigenvalue weighted by Gasteiger charge is 2.39. The lowest BCUT2D eigenvalue weighted by molar-refractivity contribution is -0.123. The summed E-state index contributed by atoms with van der Waals surface area (Å²) < 4.78 is 0. The van der Waals surface area contributed by atoms with Crippen molar-refractivity contribution in [1.82, 2.24) is 4.90 Å². The van der Waals surface area contributed by atoms with Crippen LogP contribution in [-0.2, 0) is 4.79 Å². The van der Waals surface area contributed by atoms with Crippen LogP contribution in [0.25, 0.3) is 0 Å². The van der Waals surface area contributed by atoms with E-state index in [1.807, 2.05) is 19.2 Å². The van der Waals surface area contributed by atoms with Gasteiger partial charge < -0.3 is 16.0 Å². The predicted octanol–water partition coefficient (Wildman–Crippen LogP) is 1.70. The number of likely N-dealkylation sites (N-methyl/N-ethyl adjacent to an activating group) is 1. The second kappa shape index (κ2) is 5.16. The molecule has 0 spiro atoms. The number of nitrogens with two attached hydrogens (primary N) is 1. The van der Waals surface area contributed by atoms with Crippen molar-refractivity contribution < 1.29 is 4.79 Å². The summed E-state index contributed by atoms with van der Waals surface area (Å²) in [6, 6.07) is 7.32. The molecule has 5 heteroatoms. The van der Waals surface area contributed by atoms with Gasteiger partial charge in [-0.2, -0.15) is 0 Å². The number of likely N-dealkylation sites (tertiary alicyclic amines) is 1. The van der Waals surface area contributed by atoms with Crippen LogP contribution in [-0.4, -0.2) is 36.5 Å². The number of halogens is 1. The van der Waals surface area contributed by atoms with E-state index in [9.17, 15) is 4.79 Å². The molecule has 1 heterocycles. The maximum Gasteiger partial charge on any atom is 0.244 e. The molecule has 18 heavy (non-hydrogen) atoms. The summed E-state index contributed by atoms with van der Waals surface area (Å²) in [7, 11) is 2.00. The van der Waals surface area contributed by atoms with Crippen molar-refractivity contribution in [3.63, 3.8) is 0 Å². The van der Waals surface area contributed by atoms with Gasteiger partial charge >= 0.3 is 0 Å². The Morgan fingerprint density at radius 1 is 1.44 bits per heavy atom. The van der Waals surface area contributed by atoms with E-state index < -0.39 is 5.54 Å². The van der Waals surface area contributed by atoms with Crippen molar-refractivity contribution in [1.29, 1.82) is 0 Å². The van der Waals surface area contributed by atoms with Crippen molar-refractivity contribution in [3.8, 4) is 0 Å². The van der Waals surface area contributed by atoms with Gasteiger partial charge in [-0.1, -0.05) is 11.6 Å². The molecule has 1 atom stereocenters. The van der Waals surface area contributed by atoms with Gasteiger partial charge in [0.05, 0.1) is 0 Å². The first kappa shape index (κ1) is 13.2. The standard InChI is InChI=1S/C13H18ClN3O/c1-17-8-2-7-13(9-17,12(15)18)16-11-5-3-10(14)4-6-11/h3-6,16H,2,7-9H2,1H3,(H2,15,18). The van der Waals surface area contributed by atoms with Crippen molar-refractivity contribution in [2.24, 2.45) is 5.73 Å². The first-order valence-electron chi connectivity index (χ1n) is 6.04. The van der Waals surface area contributed by atoms with Gasteiger partial charge in [0.1, 0.15) is 5.54 Å².